The second-order valence-corrected chi connectivity index (χ2v) is 4.16. The molecule has 0 radical (unpaired) electrons. The number of carbonyl (C=O) groups excluding carboxylic acids is 1. The van der Waals surface area contributed by atoms with Crippen LogP contribution in [0.25, 0.3) is 0 Å². The molecule has 18 heavy (non-hydrogen) atoms. The molecule has 0 spiro atoms. The minimum atomic E-state index is -1.48. The van der Waals surface area contributed by atoms with Gasteiger partial charge in [-0.15, -0.1) is 0 Å². The van der Waals surface area contributed by atoms with Gasteiger partial charge in [-0.3, -0.25) is 4.79 Å². The van der Waals surface area contributed by atoms with E-state index in [2.05, 4.69) is 0 Å². The number of nitrogens with zero attached hydrogens (tertiary/aromatic N) is 1. The Bertz CT molecular complexity index is 474. The number of hydrogen-bond donors (Lipinski definition) is 0. The first-order valence-corrected chi connectivity index (χ1v) is 5.34. The third-order valence-electron chi connectivity index (χ3n) is 2.44. The van der Waals surface area contributed by atoms with Gasteiger partial charge in [0, 0.05) is 25.4 Å². The number of hydrogen-bond acceptors (Lipinski definition) is 2. The molecule has 0 saturated heterocycles. The normalized spacial score (nSPS) is 11.6. The Kier molecular flexibility index (Phi) is 4.53. The molecule has 5 heteroatoms. The molecule has 0 heterocycles. The van der Waals surface area contributed by atoms with Crippen LogP contribution >= 0.6 is 0 Å². The van der Waals surface area contributed by atoms with Crippen molar-refractivity contribution in [3.63, 3.8) is 0 Å². The van der Waals surface area contributed by atoms with Crippen molar-refractivity contribution >= 4 is 5.78 Å². The van der Waals surface area contributed by atoms with Crippen LogP contribution in [0.1, 0.15) is 19.4 Å². The summed E-state index contributed by atoms with van der Waals surface area (Å²) in [5.41, 5.74) is 0.821. The number of ketones is 1. The summed E-state index contributed by atoms with van der Waals surface area (Å²) >= 11 is 0. The molecule has 0 fully saturated rings. The second kappa shape index (κ2) is 5.71. The average molecular weight is 257 g/mol. The first kappa shape index (κ1) is 14.3. The third-order valence-corrected chi connectivity index (χ3v) is 2.44. The van der Waals surface area contributed by atoms with E-state index in [1.165, 1.54) is 6.92 Å². The molecule has 98 valence electrons. The molecule has 0 amide bonds. The van der Waals surface area contributed by atoms with E-state index in [1.54, 1.807) is 25.1 Å². The van der Waals surface area contributed by atoms with Crippen LogP contribution in [-0.4, -0.2) is 17.7 Å². The van der Waals surface area contributed by atoms with Crippen molar-refractivity contribution in [3.8, 4) is 0 Å². The van der Waals surface area contributed by atoms with Crippen LogP contribution in [-0.2, 0) is 11.3 Å². The largest absolute Gasteiger partial charge is 0.376 e. The molecule has 0 saturated carbocycles. The van der Waals surface area contributed by atoms with E-state index in [0.717, 1.165) is 12.1 Å². The van der Waals surface area contributed by atoms with E-state index in [4.69, 9.17) is 0 Å². The fraction of sp³-hybridized carbons (Fsp3) is 0.308. The van der Waals surface area contributed by atoms with Crippen LogP contribution < -0.4 is 0 Å². The van der Waals surface area contributed by atoms with Crippen LogP contribution in [0, 0.1) is 17.5 Å². The molecule has 1 rings (SSSR count). The SMILES string of the molecule is CC(=O)/C(C)=C\N(C)Cc1cc(F)c(F)c(F)c1. The predicted octanol–water partition coefficient (Wildman–Crippen LogP) is 3.03. The van der Waals surface area contributed by atoms with Crippen molar-refractivity contribution in [2.45, 2.75) is 20.4 Å². The van der Waals surface area contributed by atoms with Crippen LogP contribution in [0.4, 0.5) is 13.2 Å². The molecule has 0 N–H and O–H groups in total. The van der Waals surface area contributed by atoms with E-state index in [1.807, 2.05) is 0 Å². The lowest BCUT2D eigenvalue weighted by molar-refractivity contribution is -0.113. The van der Waals surface area contributed by atoms with Crippen LogP contribution in [0.15, 0.2) is 23.9 Å². The molecule has 0 unspecified atom stereocenters. The van der Waals surface area contributed by atoms with E-state index in [-0.39, 0.29) is 12.3 Å². The minimum Gasteiger partial charge on any atom is -0.376 e. The van der Waals surface area contributed by atoms with E-state index in [0.29, 0.717) is 11.1 Å². The standard InChI is InChI=1S/C13H14F3NO/c1-8(9(2)18)6-17(3)7-10-4-11(14)13(16)12(15)5-10/h4-6H,7H2,1-3H3/b8-6-. The maximum absolute atomic E-state index is 13.0. The first-order chi connectivity index (χ1) is 8.31. The fourth-order valence-electron chi connectivity index (χ4n) is 1.45. The smallest absolute Gasteiger partial charge is 0.194 e. The topological polar surface area (TPSA) is 20.3 Å². The summed E-state index contributed by atoms with van der Waals surface area (Å²) in [6, 6.07) is 1.87. The Labute approximate surface area is 104 Å². The molecular formula is C13H14F3NO. The summed E-state index contributed by atoms with van der Waals surface area (Å²) in [5.74, 6) is -3.99. The zero-order valence-electron chi connectivity index (χ0n) is 10.4. The maximum atomic E-state index is 13.0. The van der Waals surface area contributed by atoms with Gasteiger partial charge in [0.2, 0.25) is 0 Å². The molecule has 0 aliphatic heterocycles. The minimum absolute atomic E-state index is 0.0849. The van der Waals surface area contributed by atoms with Gasteiger partial charge in [0.15, 0.2) is 23.2 Å². The highest BCUT2D eigenvalue weighted by atomic mass is 19.2. The van der Waals surface area contributed by atoms with Crippen molar-refractivity contribution in [2.75, 3.05) is 7.05 Å². The molecule has 0 atom stereocenters. The lowest BCUT2D eigenvalue weighted by Crippen LogP contribution is -2.13. The van der Waals surface area contributed by atoms with Gasteiger partial charge in [-0.25, -0.2) is 13.2 Å². The highest BCUT2D eigenvalue weighted by molar-refractivity contribution is 5.92. The number of benzene rings is 1. The number of Topliss-reactive ketones (excluding diaryl/α,β-unsaturated/α-hetero) is 1. The van der Waals surface area contributed by atoms with Gasteiger partial charge in [-0.1, -0.05) is 0 Å². The quantitative estimate of drug-likeness (QED) is 0.610. The maximum Gasteiger partial charge on any atom is 0.194 e. The fourth-order valence-corrected chi connectivity index (χ4v) is 1.45. The summed E-state index contributed by atoms with van der Waals surface area (Å²) in [7, 11) is 1.66. The molecule has 0 bridgehead atoms. The molecule has 2 nitrogen and oxygen atoms in total. The third kappa shape index (κ3) is 3.61. The van der Waals surface area contributed by atoms with Gasteiger partial charge in [-0.05, 0) is 31.5 Å². The van der Waals surface area contributed by atoms with Crippen LogP contribution in [0.2, 0.25) is 0 Å². The molecular weight excluding hydrogens is 243 g/mol. The number of rotatable bonds is 4. The van der Waals surface area contributed by atoms with Gasteiger partial charge in [0.05, 0.1) is 0 Å². The van der Waals surface area contributed by atoms with Crippen molar-refractivity contribution in [1.82, 2.24) is 4.90 Å². The van der Waals surface area contributed by atoms with Crippen LogP contribution in [0.5, 0.6) is 0 Å². The van der Waals surface area contributed by atoms with E-state index in [9.17, 15) is 18.0 Å². The van der Waals surface area contributed by atoms with Gasteiger partial charge < -0.3 is 4.90 Å². The van der Waals surface area contributed by atoms with Crippen molar-refractivity contribution < 1.29 is 18.0 Å². The average Bonchev–Trinajstić information content (AvgIpc) is 2.25. The molecule has 1 aromatic rings. The summed E-state index contributed by atoms with van der Waals surface area (Å²) in [6.45, 7) is 3.25. The van der Waals surface area contributed by atoms with Gasteiger partial charge >= 0.3 is 0 Å². The Morgan fingerprint density at radius 1 is 1.22 bits per heavy atom. The summed E-state index contributed by atoms with van der Waals surface area (Å²) in [5, 5.41) is 0. The Morgan fingerprint density at radius 2 is 1.72 bits per heavy atom. The van der Waals surface area contributed by atoms with Crippen molar-refractivity contribution in [3.05, 3.63) is 46.9 Å². The Balaban J connectivity index is 2.86. The first-order valence-electron chi connectivity index (χ1n) is 5.34. The highest BCUT2D eigenvalue weighted by Crippen LogP contribution is 2.15. The van der Waals surface area contributed by atoms with E-state index < -0.39 is 17.5 Å². The summed E-state index contributed by atoms with van der Waals surface area (Å²) in [4.78, 5) is 12.6. The molecule has 0 aliphatic carbocycles. The van der Waals surface area contributed by atoms with Crippen LogP contribution in [0.3, 0.4) is 0 Å². The Morgan fingerprint density at radius 3 is 2.17 bits per heavy atom. The van der Waals surface area contributed by atoms with Crippen molar-refractivity contribution in [2.24, 2.45) is 0 Å². The Hall–Kier alpha value is -1.78. The number of carbonyl (C=O) groups is 1. The highest BCUT2D eigenvalue weighted by Gasteiger charge is 2.11. The monoisotopic (exact) mass is 257 g/mol. The molecule has 0 aromatic heterocycles. The second-order valence-electron chi connectivity index (χ2n) is 4.16. The zero-order chi connectivity index (χ0) is 13.9. The number of halogens is 3. The summed E-state index contributed by atoms with van der Waals surface area (Å²) < 4.78 is 38.7. The van der Waals surface area contributed by atoms with Gasteiger partial charge in [-0.2, -0.15) is 0 Å². The molecule has 1 aromatic carbocycles. The number of allylic oxidation sites excluding steroid dienone is 1. The van der Waals surface area contributed by atoms with Gasteiger partial charge in [0.1, 0.15) is 0 Å². The summed E-state index contributed by atoms with van der Waals surface area (Å²) in [6.07, 6.45) is 1.57. The zero-order valence-corrected chi connectivity index (χ0v) is 10.4. The lowest BCUT2D eigenvalue weighted by Gasteiger charge is -2.15. The van der Waals surface area contributed by atoms with E-state index >= 15 is 0 Å². The molecule has 0 aliphatic rings. The van der Waals surface area contributed by atoms with Crippen molar-refractivity contribution in [1.29, 1.82) is 0 Å². The lowest BCUT2D eigenvalue weighted by atomic mass is 10.2. The van der Waals surface area contributed by atoms with Gasteiger partial charge in [0.25, 0.3) is 0 Å². The predicted molar refractivity (Wildman–Crippen MR) is 62.2 cm³/mol.